The van der Waals surface area contributed by atoms with Crippen LogP contribution in [0.2, 0.25) is 0 Å². The number of amides is 1. The summed E-state index contributed by atoms with van der Waals surface area (Å²) in [5.41, 5.74) is 6.85. The van der Waals surface area contributed by atoms with E-state index in [0.29, 0.717) is 24.6 Å². The minimum atomic E-state index is -0.0569. The van der Waals surface area contributed by atoms with Gasteiger partial charge in [0.2, 0.25) is 0 Å². The lowest BCUT2D eigenvalue weighted by atomic mass is 10.0. The number of pyridine rings is 1. The smallest absolute Gasteiger partial charge is 0.251 e. The second-order valence-corrected chi connectivity index (χ2v) is 4.51. The summed E-state index contributed by atoms with van der Waals surface area (Å²) < 4.78 is 5.29. The predicted molar refractivity (Wildman–Crippen MR) is 68.0 cm³/mol. The van der Waals surface area contributed by atoms with Gasteiger partial charge in [-0.05, 0) is 30.9 Å². The molecule has 0 unspecified atom stereocenters. The van der Waals surface area contributed by atoms with E-state index in [0.717, 1.165) is 31.7 Å². The Morgan fingerprint density at radius 3 is 3.00 bits per heavy atom. The summed E-state index contributed by atoms with van der Waals surface area (Å²) in [5, 5.41) is 2.96. The highest BCUT2D eigenvalue weighted by atomic mass is 16.5. The van der Waals surface area contributed by atoms with E-state index < -0.39 is 0 Å². The van der Waals surface area contributed by atoms with Gasteiger partial charge in [-0.25, -0.2) is 0 Å². The monoisotopic (exact) mass is 249 g/mol. The summed E-state index contributed by atoms with van der Waals surface area (Å²) in [4.78, 5) is 16.0. The summed E-state index contributed by atoms with van der Waals surface area (Å²) in [7, 11) is 0. The van der Waals surface area contributed by atoms with Crippen molar-refractivity contribution in [3.63, 3.8) is 0 Å². The van der Waals surface area contributed by atoms with Gasteiger partial charge in [-0.15, -0.1) is 0 Å². The molecule has 18 heavy (non-hydrogen) atoms. The molecule has 0 radical (unpaired) electrons. The molecule has 0 bridgehead atoms. The molecule has 0 spiro atoms. The lowest BCUT2D eigenvalue weighted by Gasteiger charge is -2.22. The van der Waals surface area contributed by atoms with Crippen LogP contribution in [0.5, 0.6) is 0 Å². The number of carbonyl (C=O) groups is 1. The summed E-state index contributed by atoms with van der Waals surface area (Å²) in [5.74, 6) is 0.470. The van der Waals surface area contributed by atoms with Crippen molar-refractivity contribution in [3.05, 3.63) is 29.6 Å². The van der Waals surface area contributed by atoms with Crippen LogP contribution in [-0.4, -0.2) is 30.6 Å². The molecule has 98 valence electrons. The van der Waals surface area contributed by atoms with Crippen LogP contribution in [-0.2, 0) is 11.3 Å². The van der Waals surface area contributed by atoms with Gasteiger partial charge in [-0.1, -0.05) is 0 Å². The lowest BCUT2D eigenvalue weighted by Crippen LogP contribution is -2.32. The average Bonchev–Trinajstić information content (AvgIpc) is 2.46. The number of rotatable bonds is 4. The number of nitrogens with one attached hydrogen (secondary N) is 1. The molecule has 1 aromatic rings. The maximum Gasteiger partial charge on any atom is 0.251 e. The summed E-state index contributed by atoms with van der Waals surface area (Å²) in [6, 6.07) is 3.44. The summed E-state index contributed by atoms with van der Waals surface area (Å²) in [6.07, 6.45) is 3.65. The molecule has 1 fully saturated rings. The number of nitrogens with zero attached hydrogens (tertiary/aromatic N) is 1. The first-order chi connectivity index (χ1) is 8.79. The van der Waals surface area contributed by atoms with Crippen molar-refractivity contribution in [2.75, 3.05) is 19.8 Å². The van der Waals surface area contributed by atoms with Gasteiger partial charge in [-0.2, -0.15) is 0 Å². The van der Waals surface area contributed by atoms with Gasteiger partial charge >= 0.3 is 0 Å². The van der Waals surface area contributed by atoms with Crippen molar-refractivity contribution in [2.45, 2.75) is 19.4 Å². The second kappa shape index (κ2) is 6.47. The van der Waals surface area contributed by atoms with Crippen LogP contribution >= 0.6 is 0 Å². The highest BCUT2D eigenvalue weighted by Gasteiger charge is 2.15. The molecule has 3 N–H and O–H groups in total. The van der Waals surface area contributed by atoms with Gasteiger partial charge in [0.1, 0.15) is 0 Å². The minimum absolute atomic E-state index is 0.0569. The average molecular weight is 249 g/mol. The third kappa shape index (κ3) is 3.51. The highest BCUT2D eigenvalue weighted by Crippen LogP contribution is 2.13. The van der Waals surface area contributed by atoms with Crippen molar-refractivity contribution in [2.24, 2.45) is 11.7 Å². The van der Waals surface area contributed by atoms with E-state index in [-0.39, 0.29) is 5.91 Å². The standard InChI is InChI=1S/C13H19N3O2/c14-8-12-7-11(1-4-15-12)13(17)16-9-10-2-5-18-6-3-10/h1,4,7,10H,2-3,5-6,8-9,14H2,(H,16,17). The van der Waals surface area contributed by atoms with Crippen molar-refractivity contribution in [1.29, 1.82) is 0 Å². The molecule has 1 amide bonds. The number of hydrogen-bond acceptors (Lipinski definition) is 4. The number of ether oxygens (including phenoxy) is 1. The van der Waals surface area contributed by atoms with Crippen LogP contribution in [0.25, 0.3) is 0 Å². The molecule has 2 rings (SSSR count). The summed E-state index contributed by atoms with van der Waals surface area (Å²) >= 11 is 0. The molecular weight excluding hydrogens is 230 g/mol. The van der Waals surface area contributed by atoms with Crippen molar-refractivity contribution >= 4 is 5.91 Å². The van der Waals surface area contributed by atoms with Crippen LogP contribution in [0, 0.1) is 5.92 Å². The molecular formula is C13H19N3O2. The lowest BCUT2D eigenvalue weighted by molar-refractivity contribution is 0.0642. The van der Waals surface area contributed by atoms with Gasteiger partial charge in [-0.3, -0.25) is 9.78 Å². The Hall–Kier alpha value is -1.46. The molecule has 0 aromatic carbocycles. The topological polar surface area (TPSA) is 77.2 Å². The Balaban J connectivity index is 1.86. The molecule has 1 aliphatic heterocycles. The van der Waals surface area contributed by atoms with Gasteiger partial charge in [0.05, 0.1) is 5.69 Å². The maximum atomic E-state index is 11.9. The molecule has 0 aliphatic carbocycles. The SMILES string of the molecule is NCc1cc(C(=O)NCC2CCOCC2)ccn1. The Morgan fingerprint density at radius 1 is 1.50 bits per heavy atom. The Bertz CT molecular complexity index is 403. The first kappa shape index (κ1) is 13.0. The van der Waals surface area contributed by atoms with Crippen LogP contribution in [0.1, 0.15) is 28.9 Å². The van der Waals surface area contributed by atoms with Crippen LogP contribution in [0.15, 0.2) is 18.3 Å². The van der Waals surface area contributed by atoms with Crippen molar-refractivity contribution in [1.82, 2.24) is 10.3 Å². The number of hydrogen-bond donors (Lipinski definition) is 2. The molecule has 1 aliphatic rings. The van der Waals surface area contributed by atoms with Gasteiger partial charge in [0.25, 0.3) is 5.91 Å². The second-order valence-electron chi connectivity index (χ2n) is 4.51. The zero-order valence-corrected chi connectivity index (χ0v) is 10.4. The van der Waals surface area contributed by atoms with E-state index in [2.05, 4.69) is 10.3 Å². The quantitative estimate of drug-likeness (QED) is 0.823. The Morgan fingerprint density at radius 2 is 2.28 bits per heavy atom. The third-order valence-corrected chi connectivity index (χ3v) is 3.18. The molecule has 0 atom stereocenters. The molecule has 1 saturated heterocycles. The Kier molecular flexibility index (Phi) is 4.66. The molecule has 2 heterocycles. The number of nitrogens with two attached hydrogens (primary N) is 1. The predicted octanol–water partition coefficient (Wildman–Crippen LogP) is 0.697. The fourth-order valence-corrected chi connectivity index (χ4v) is 2.02. The normalized spacial score (nSPS) is 16.5. The first-order valence-corrected chi connectivity index (χ1v) is 6.30. The Labute approximate surface area is 107 Å². The number of aromatic nitrogens is 1. The largest absolute Gasteiger partial charge is 0.381 e. The van der Waals surface area contributed by atoms with E-state index in [1.54, 1.807) is 18.3 Å². The van der Waals surface area contributed by atoms with E-state index in [4.69, 9.17) is 10.5 Å². The fraction of sp³-hybridized carbons (Fsp3) is 0.538. The zero-order chi connectivity index (χ0) is 12.8. The first-order valence-electron chi connectivity index (χ1n) is 6.30. The highest BCUT2D eigenvalue weighted by molar-refractivity contribution is 5.94. The van der Waals surface area contributed by atoms with Gasteiger partial charge < -0.3 is 15.8 Å². The van der Waals surface area contributed by atoms with Crippen molar-refractivity contribution in [3.8, 4) is 0 Å². The molecule has 5 nitrogen and oxygen atoms in total. The third-order valence-electron chi connectivity index (χ3n) is 3.18. The minimum Gasteiger partial charge on any atom is -0.381 e. The van der Waals surface area contributed by atoms with Gasteiger partial charge in [0.15, 0.2) is 0 Å². The maximum absolute atomic E-state index is 11.9. The molecule has 5 heteroatoms. The molecule has 1 aromatic heterocycles. The fourth-order valence-electron chi connectivity index (χ4n) is 2.02. The van der Waals surface area contributed by atoms with E-state index >= 15 is 0 Å². The van der Waals surface area contributed by atoms with E-state index in [1.165, 1.54) is 0 Å². The summed E-state index contributed by atoms with van der Waals surface area (Å²) in [6.45, 7) is 2.66. The zero-order valence-electron chi connectivity index (χ0n) is 10.4. The van der Waals surface area contributed by atoms with Crippen LogP contribution in [0.3, 0.4) is 0 Å². The van der Waals surface area contributed by atoms with Crippen molar-refractivity contribution < 1.29 is 9.53 Å². The van der Waals surface area contributed by atoms with Crippen LogP contribution in [0.4, 0.5) is 0 Å². The van der Waals surface area contributed by atoms with E-state index in [9.17, 15) is 4.79 Å². The van der Waals surface area contributed by atoms with Gasteiger partial charge in [0, 0.05) is 38.1 Å². The van der Waals surface area contributed by atoms with Crippen LogP contribution < -0.4 is 11.1 Å². The number of carbonyl (C=O) groups excluding carboxylic acids is 1. The van der Waals surface area contributed by atoms with E-state index in [1.807, 2.05) is 0 Å². The molecule has 0 saturated carbocycles.